The van der Waals surface area contributed by atoms with Gasteiger partial charge in [-0.15, -0.1) is 0 Å². The van der Waals surface area contributed by atoms with E-state index in [2.05, 4.69) is 45.6 Å². The van der Waals surface area contributed by atoms with Gasteiger partial charge < -0.3 is 20.3 Å². The molecule has 0 fully saturated rings. The Morgan fingerprint density at radius 2 is 2.13 bits per heavy atom. The zero-order valence-electron chi connectivity index (χ0n) is 22.8. The summed E-state index contributed by atoms with van der Waals surface area (Å²) in [5.41, 5.74) is 6.84. The number of nitrogens with zero attached hydrogens (tertiary/aromatic N) is 4. The van der Waals surface area contributed by atoms with Crippen LogP contribution in [0.15, 0.2) is 53.9 Å². The molecule has 202 valence electrons. The Morgan fingerprint density at radius 3 is 2.95 bits per heavy atom. The number of nitrogens with one attached hydrogen (secondary N) is 2. The summed E-state index contributed by atoms with van der Waals surface area (Å²) < 4.78 is 5.48. The lowest BCUT2D eigenvalue weighted by molar-refractivity contribution is 0.0945. The molecule has 8 nitrogen and oxygen atoms in total. The van der Waals surface area contributed by atoms with Crippen molar-refractivity contribution in [2.45, 2.75) is 58.1 Å². The van der Waals surface area contributed by atoms with E-state index in [1.165, 1.54) is 30.5 Å². The first-order valence-corrected chi connectivity index (χ1v) is 13.9. The van der Waals surface area contributed by atoms with Crippen molar-refractivity contribution < 1.29 is 9.53 Å². The van der Waals surface area contributed by atoms with Crippen LogP contribution in [-0.4, -0.2) is 42.6 Å². The normalized spacial score (nSPS) is 17.1. The zero-order valence-corrected chi connectivity index (χ0v) is 22.8. The molecule has 1 aromatic carbocycles. The number of pyridine rings is 2. The summed E-state index contributed by atoms with van der Waals surface area (Å²) in [5, 5.41) is 16.8. The maximum Gasteiger partial charge on any atom is 0.251 e. The van der Waals surface area contributed by atoms with Gasteiger partial charge in [0.25, 0.3) is 5.91 Å². The topological polar surface area (TPSA) is 103 Å². The van der Waals surface area contributed by atoms with Crippen LogP contribution >= 0.6 is 0 Å². The van der Waals surface area contributed by atoms with E-state index in [4.69, 9.17) is 9.72 Å². The molecule has 1 atom stereocenters. The van der Waals surface area contributed by atoms with E-state index in [0.717, 1.165) is 59.5 Å². The number of nitriles is 1. The molecular weight excluding hydrogens is 488 g/mol. The SMILES string of the molecule is CCCCCC1=C(NC)CCN(c2ccc3cnc(CNC(=O)c4ccc5c(c4)[C@H](C#N)COC5)cc3n2)C1. The number of hydrogen-bond acceptors (Lipinski definition) is 7. The molecule has 0 unspecified atom stereocenters. The molecule has 5 rings (SSSR count). The van der Waals surface area contributed by atoms with Gasteiger partial charge in [0.2, 0.25) is 0 Å². The Balaban J connectivity index is 1.27. The summed E-state index contributed by atoms with van der Waals surface area (Å²) in [6.07, 6.45) is 7.63. The van der Waals surface area contributed by atoms with Crippen LogP contribution in [0.25, 0.3) is 10.9 Å². The van der Waals surface area contributed by atoms with E-state index in [1.807, 2.05) is 31.4 Å². The van der Waals surface area contributed by atoms with Crippen LogP contribution in [0, 0.1) is 11.3 Å². The fourth-order valence-corrected chi connectivity index (χ4v) is 5.41. The fourth-order valence-electron chi connectivity index (χ4n) is 5.41. The minimum Gasteiger partial charge on any atom is -0.391 e. The Hall–Kier alpha value is -3.96. The Morgan fingerprint density at radius 1 is 1.23 bits per heavy atom. The summed E-state index contributed by atoms with van der Waals surface area (Å²) in [6, 6.07) is 13.8. The van der Waals surface area contributed by atoms with E-state index in [9.17, 15) is 10.1 Å². The molecule has 1 amide bonds. The molecule has 4 heterocycles. The minimum atomic E-state index is -0.350. The Bertz CT molecular complexity index is 1430. The highest BCUT2D eigenvalue weighted by atomic mass is 16.5. The van der Waals surface area contributed by atoms with Crippen LogP contribution in [0.2, 0.25) is 0 Å². The van der Waals surface area contributed by atoms with Crippen molar-refractivity contribution in [2.75, 3.05) is 31.6 Å². The molecule has 39 heavy (non-hydrogen) atoms. The summed E-state index contributed by atoms with van der Waals surface area (Å²) in [6.45, 7) is 5.18. The third-order valence-electron chi connectivity index (χ3n) is 7.68. The van der Waals surface area contributed by atoms with E-state index in [1.54, 1.807) is 6.07 Å². The van der Waals surface area contributed by atoms with Gasteiger partial charge in [0.1, 0.15) is 5.82 Å². The third-order valence-corrected chi connectivity index (χ3v) is 7.68. The van der Waals surface area contributed by atoms with Crippen LogP contribution in [-0.2, 0) is 17.9 Å². The van der Waals surface area contributed by atoms with Crippen molar-refractivity contribution in [1.29, 1.82) is 5.26 Å². The summed E-state index contributed by atoms with van der Waals surface area (Å²) in [7, 11) is 2.02. The molecule has 0 bridgehead atoms. The van der Waals surface area contributed by atoms with Crippen LogP contribution in [0.5, 0.6) is 0 Å². The molecule has 2 N–H and O–H groups in total. The van der Waals surface area contributed by atoms with Crippen LogP contribution in [0.4, 0.5) is 5.82 Å². The van der Waals surface area contributed by atoms with Crippen LogP contribution in [0.1, 0.15) is 72.1 Å². The zero-order chi connectivity index (χ0) is 27.2. The number of aromatic nitrogens is 2. The van der Waals surface area contributed by atoms with Crippen molar-refractivity contribution in [3.8, 4) is 6.07 Å². The maximum atomic E-state index is 12.9. The summed E-state index contributed by atoms with van der Waals surface area (Å²) >= 11 is 0. The quantitative estimate of drug-likeness (QED) is 0.381. The average molecular weight is 525 g/mol. The second-order valence-corrected chi connectivity index (χ2v) is 10.3. The first-order valence-electron chi connectivity index (χ1n) is 13.9. The highest BCUT2D eigenvalue weighted by molar-refractivity contribution is 5.94. The average Bonchev–Trinajstić information content (AvgIpc) is 2.98. The van der Waals surface area contributed by atoms with Crippen molar-refractivity contribution in [2.24, 2.45) is 0 Å². The number of benzene rings is 1. The lowest BCUT2D eigenvalue weighted by atomic mass is 9.92. The van der Waals surface area contributed by atoms with Crippen molar-refractivity contribution >= 4 is 22.6 Å². The van der Waals surface area contributed by atoms with E-state index in [0.29, 0.717) is 25.3 Å². The van der Waals surface area contributed by atoms with Crippen molar-refractivity contribution in [3.05, 3.63) is 76.2 Å². The minimum absolute atomic E-state index is 0.194. The number of unbranched alkanes of at least 4 members (excludes halogenated alkanes) is 2. The first-order chi connectivity index (χ1) is 19.1. The van der Waals surface area contributed by atoms with Crippen LogP contribution in [0.3, 0.4) is 0 Å². The summed E-state index contributed by atoms with van der Waals surface area (Å²) in [5.74, 6) is 0.425. The number of rotatable bonds is 9. The second-order valence-electron chi connectivity index (χ2n) is 10.3. The van der Waals surface area contributed by atoms with Crippen LogP contribution < -0.4 is 15.5 Å². The predicted octanol–water partition coefficient (Wildman–Crippen LogP) is 4.96. The van der Waals surface area contributed by atoms with Gasteiger partial charge in [0.05, 0.1) is 43.0 Å². The van der Waals surface area contributed by atoms with Gasteiger partial charge in [0.15, 0.2) is 0 Å². The number of ether oxygens (including phenoxy) is 1. The van der Waals surface area contributed by atoms with Crippen molar-refractivity contribution in [1.82, 2.24) is 20.6 Å². The van der Waals surface area contributed by atoms with Crippen molar-refractivity contribution in [3.63, 3.8) is 0 Å². The second kappa shape index (κ2) is 12.3. The first kappa shape index (κ1) is 26.6. The van der Waals surface area contributed by atoms with Gasteiger partial charge in [-0.05, 0) is 59.9 Å². The highest BCUT2D eigenvalue weighted by Gasteiger charge is 2.22. The molecule has 0 saturated heterocycles. The lowest BCUT2D eigenvalue weighted by Crippen LogP contribution is -2.35. The molecule has 2 aromatic heterocycles. The smallest absolute Gasteiger partial charge is 0.251 e. The molecule has 0 spiro atoms. The third kappa shape index (κ3) is 6.04. The fraction of sp³-hybridized carbons (Fsp3) is 0.419. The van der Waals surface area contributed by atoms with E-state index < -0.39 is 0 Å². The number of anilines is 1. The summed E-state index contributed by atoms with van der Waals surface area (Å²) in [4.78, 5) is 24.8. The van der Waals surface area contributed by atoms with Gasteiger partial charge in [-0.25, -0.2) is 4.98 Å². The number of carbonyl (C=O) groups is 1. The Labute approximate surface area is 230 Å². The number of amides is 1. The molecule has 8 heteroatoms. The number of carbonyl (C=O) groups excluding carboxylic acids is 1. The predicted molar refractivity (Wildman–Crippen MR) is 152 cm³/mol. The number of fused-ring (bicyclic) bond motifs is 2. The van der Waals surface area contributed by atoms with Gasteiger partial charge >= 0.3 is 0 Å². The molecule has 0 radical (unpaired) electrons. The molecule has 3 aromatic rings. The monoisotopic (exact) mass is 524 g/mol. The molecule has 2 aliphatic heterocycles. The molecular formula is C31H36N6O2. The van der Waals surface area contributed by atoms with Gasteiger partial charge in [-0.1, -0.05) is 25.8 Å². The lowest BCUT2D eigenvalue weighted by Gasteiger charge is -2.32. The maximum absolute atomic E-state index is 12.9. The van der Waals surface area contributed by atoms with Gasteiger partial charge in [-0.2, -0.15) is 5.26 Å². The highest BCUT2D eigenvalue weighted by Crippen LogP contribution is 2.28. The largest absolute Gasteiger partial charge is 0.391 e. The van der Waals surface area contributed by atoms with Gasteiger partial charge in [0, 0.05) is 49.4 Å². The molecule has 0 aliphatic carbocycles. The number of hydrogen-bond donors (Lipinski definition) is 2. The Kier molecular flexibility index (Phi) is 8.38. The van der Waals surface area contributed by atoms with E-state index >= 15 is 0 Å². The standard InChI is InChI=1S/C31H36N6O2/c1-3-4-5-6-23-18-37(12-11-28(23)33-2)30-10-9-22-16-34-26(14-29(22)36-30)17-35-31(38)21-7-8-24-19-39-20-25(15-32)27(24)13-21/h7-10,13-14,16,25,33H,3-6,11-12,17-20H2,1-2H3,(H,35,38)/t25-/m1/s1. The molecule has 0 saturated carbocycles. The van der Waals surface area contributed by atoms with E-state index in [-0.39, 0.29) is 11.8 Å². The van der Waals surface area contributed by atoms with Gasteiger partial charge in [-0.3, -0.25) is 9.78 Å². The molecule has 2 aliphatic rings.